The normalized spacial score (nSPS) is 12.2. The standard InChI is InChI=1S/C21H25ClN4O3S/c1-12(11-28-4)26(3)19-15(10-24-21-18(19)25-13(2)30-21)8-16(27)6-14-7-17(22)20(29-5)23-9-14/h7,9-10,12H,6,8,11H2,1-5H3. The Morgan fingerprint density at radius 2 is 2.03 bits per heavy atom. The second-order valence-electron chi connectivity index (χ2n) is 7.16. The third-order valence-electron chi connectivity index (χ3n) is 4.85. The smallest absolute Gasteiger partial charge is 0.232 e. The van der Waals surface area contributed by atoms with Crippen LogP contribution in [0.25, 0.3) is 10.3 Å². The number of nitrogens with zero attached hydrogens (tertiary/aromatic N) is 4. The van der Waals surface area contributed by atoms with Gasteiger partial charge in [0.25, 0.3) is 0 Å². The Kier molecular flexibility index (Phi) is 7.23. The number of hydrogen-bond acceptors (Lipinski definition) is 8. The number of Topliss-reactive ketones (excluding diaryl/α,β-unsaturated/α-hetero) is 1. The fourth-order valence-electron chi connectivity index (χ4n) is 3.32. The maximum absolute atomic E-state index is 12.9. The number of methoxy groups -OCH3 is 2. The molecule has 160 valence electrons. The van der Waals surface area contributed by atoms with Gasteiger partial charge in [0.05, 0.1) is 24.4 Å². The number of anilines is 1. The highest BCUT2D eigenvalue weighted by molar-refractivity contribution is 7.18. The first kappa shape index (κ1) is 22.4. The molecular formula is C21H25ClN4O3S. The molecule has 0 aliphatic rings. The van der Waals surface area contributed by atoms with Crippen LogP contribution < -0.4 is 9.64 Å². The number of pyridine rings is 2. The lowest BCUT2D eigenvalue weighted by Gasteiger charge is -2.28. The molecule has 3 heterocycles. The largest absolute Gasteiger partial charge is 0.480 e. The summed E-state index contributed by atoms with van der Waals surface area (Å²) in [6.07, 6.45) is 3.86. The summed E-state index contributed by atoms with van der Waals surface area (Å²) in [5.74, 6) is 0.387. The van der Waals surface area contributed by atoms with E-state index in [1.165, 1.54) is 7.11 Å². The lowest BCUT2D eigenvalue weighted by atomic mass is 10.0. The highest BCUT2D eigenvalue weighted by Gasteiger charge is 2.21. The van der Waals surface area contributed by atoms with Gasteiger partial charge in [-0.05, 0) is 25.5 Å². The molecule has 0 spiro atoms. The van der Waals surface area contributed by atoms with Crippen molar-refractivity contribution in [3.63, 3.8) is 0 Å². The van der Waals surface area contributed by atoms with E-state index in [1.807, 2.05) is 14.0 Å². The number of carbonyl (C=O) groups is 1. The second kappa shape index (κ2) is 9.68. The molecule has 3 aromatic heterocycles. The number of aromatic nitrogens is 3. The van der Waals surface area contributed by atoms with Crippen LogP contribution in [-0.2, 0) is 22.4 Å². The van der Waals surface area contributed by atoms with Crippen LogP contribution in [-0.4, -0.2) is 54.7 Å². The number of ketones is 1. The maximum Gasteiger partial charge on any atom is 0.232 e. The van der Waals surface area contributed by atoms with Crippen LogP contribution in [0.3, 0.4) is 0 Å². The van der Waals surface area contributed by atoms with Gasteiger partial charge < -0.3 is 14.4 Å². The Morgan fingerprint density at radius 1 is 1.27 bits per heavy atom. The van der Waals surface area contributed by atoms with Gasteiger partial charge in [-0.15, -0.1) is 0 Å². The summed E-state index contributed by atoms with van der Waals surface area (Å²) < 4.78 is 10.4. The molecule has 0 aliphatic heterocycles. The van der Waals surface area contributed by atoms with E-state index in [0.29, 0.717) is 17.5 Å². The highest BCUT2D eigenvalue weighted by Crippen LogP contribution is 2.33. The van der Waals surface area contributed by atoms with Gasteiger partial charge in [0.1, 0.15) is 21.2 Å². The quantitative estimate of drug-likeness (QED) is 0.491. The number of thiazole rings is 1. The van der Waals surface area contributed by atoms with Crippen molar-refractivity contribution in [2.45, 2.75) is 32.7 Å². The summed E-state index contributed by atoms with van der Waals surface area (Å²) in [6, 6.07) is 1.82. The first-order valence-electron chi connectivity index (χ1n) is 9.51. The maximum atomic E-state index is 12.9. The molecule has 30 heavy (non-hydrogen) atoms. The molecule has 3 aromatic rings. The number of carbonyl (C=O) groups excluding carboxylic acids is 1. The van der Waals surface area contributed by atoms with Crippen molar-refractivity contribution in [1.82, 2.24) is 15.0 Å². The van der Waals surface area contributed by atoms with Crippen LogP contribution in [0.4, 0.5) is 5.69 Å². The van der Waals surface area contributed by atoms with Crippen molar-refractivity contribution in [3.8, 4) is 5.88 Å². The minimum Gasteiger partial charge on any atom is -0.480 e. The van der Waals surface area contributed by atoms with Gasteiger partial charge in [0, 0.05) is 51.0 Å². The molecular weight excluding hydrogens is 424 g/mol. The molecule has 0 saturated heterocycles. The van der Waals surface area contributed by atoms with E-state index in [1.54, 1.807) is 36.9 Å². The van der Waals surface area contributed by atoms with E-state index in [2.05, 4.69) is 26.8 Å². The highest BCUT2D eigenvalue weighted by atomic mass is 35.5. The van der Waals surface area contributed by atoms with E-state index in [-0.39, 0.29) is 24.7 Å². The van der Waals surface area contributed by atoms with Crippen LogP contribution in [0.5, 0.6) is 5.88 Å². The van der Waals surface area contributed by atoms with Crippen molar-refractivity contribution in [2.75, 3.05) is 32.8 Å². The number of likely N-dealkylation sites (N-methyl/N-ethyl adjacent to an activating group) is 1. The topological polar surface area (TPSA) is 77.4 Å². The predicted octanol–water partition coefficient (Wildman–Crippen LogP) is 3.88. The predicted molar refractivity (Wildman–Crippen MR) is 120 cm³/mol. The van der Waals surface area contributed by atoms with E-state index in [9.17, 15) is 4.79 Å². The molecule has 0 radical (unpaired) electrons. The summed E-state index contributed by atoms with van der Waals surface area (Å²) in [5.41, 5.74) is 3.33. The average Bonchev–Trinajstić information content (AvgIpc) is 3.07. The van der Waals surface area contributed by atoms with Gasteiger partial charge in [-0.25, -0.2) is 15.0 Å². The number of hydrogen-bond donors (Lipinski definition) is 0. The molecule has 9 heteroatoms. The van der Waals surface area contributed by atoms with Gasteiger partial charge in [-0.1, -0.05) is 22.9 Å². The van der Waals surface area contributed by atoms with Gasteiger partial charge in [-0.3, -0.25) is 4.79 Å². The van der Waals surface area contributed by atoms with Crippen molar-refractivity contribution in [3.05, 3.63) is 39.6 Å². The molecule has 0 aliphatic carbocycles. The second-order valence-corrected chi connectivity index (χ2v) is 8.75. The number of fused-ring (bicyclic) bond motifs is 1. The Morgan fingerprint density at radius 3 is 2.70 bits per heavy atom. The summed E-state index contributed by atoms with van der Waals surface area (Å²) in [5, 5.41) is 1.33. The molecule has 0 N–H and O–H groups in total. The monoisotopic (exact) mass is 448 g/mol. The number of halogens is 1. The Balaban J connectivity index is 1.90. The summed E-state index contributed by atoms with van der Waals surface area (Å²) >= 11 is 7.68. The third-order valence-corrected chi connectivity index (χ3v) is 6.00. The zero-order chi connectivity index (χ0) is 21.8. The Bertz CT molecular complexity index is 1060. The molecule has 7 nitrogen and oxygen atoms in total. The first-order chi connectivity index (χ1) is 14.3. The zero-order valence-corrected chi connectivity index (χ0v) is 19.3. The van der Waals surface area contributed by atoms with Crippen LogP contribution in [0.15, 0.2) is 18.5 Å². The lowest BCUT2D eigenvalue weighted by molar-refractivity contribution is -0.117. The SMILES string of the molecule is COCC(C)N(C)c1c(CC(=O)Cc2cnc(OC)c(Cl)c2)cnc2sc(C)nc12. The fourth-order valence-corrected chi connectivity index (χ4v) is 4.35. The average molecular weight is 449 g/mol. The fraction of sp³-hybridized carbons (Fsp3) is 0.429. The summed E-state index contributed by atoms with van der Waals surface area (Å²) in [6.45, 7) is 4.60. The molecule has 1 atom stereocenters. The van der Waals surface area contributed by atoms with Crippen LogP contribution >= 0.6 is 22.9 Å². The van der Waals surface area contributed by atoms with Crippen LogP contribution in [0, 0.1) is 6.92 Å². The minimum absolute atomic E-state index is 0.0418. The molecule has 0 amide bonds. The Labute approximate surface area is 185 Å². The van der Waals surface area contributed by atoms with Crippen molar-refractivity contribution in [1.29, 1.82) is 0 Å². The van der Waals surface area contributed by atoms with Gasteiger partial charge >= 0.3 is 0 Å². The molecule has 0 saturated carbocycles. The Hall–Kier alpha value is -2.29. The van der Waals surface area contributed by atoms with Crippen LogP contribution in [0.1, 0.15) is 23.1 Å². The van der Waals surface area contributed by atoms with E-state index < -0.39 is 0 Å². The minimum atomic E-state index is 0.0418. The molecule has 3 rings (SSSR count). The van der Waals surface area contributed by atoms with Crippen molar-refractivity contribution < 1.29 is 14.3 Å². The summed E-state index contributed by atoms with van der Waals surface area (Å²) in [7, 11) is 5.18. The van der Waals surface area contributed by atoms with E-state index >= 15 is 0 Å². The molecule has 0 fully saturated rings. The molecule has 1 unspecified atom stereocenters. The first-order valence-corrected chi connectivity index (χ1v) is 10.7. The van der Waals surface area contributed by atoms with Crippen molar-refractivity contribution >= 4 is 44.8 Å². The zero-order valence-electron chi connectivity index (χ0n) is 17.7. The van der Waals surface area contributed by atoms with Crippen molar-refractivity contribution in [2.24, 2.45) is 0 Å². The lowest BCUT2D eigenvalue weighted by Crippen LogP contribution is -2.33. The van der Waals surface area contributed by atoms with Gasteiger partial charge in [0.2, 0.25) is 5.88 Å². The van der Waals surface area contributed by atoms with Gasteiger partial charge in [-0.2, -0.15) is 0 Å². The summed E-state index contributed by atoms with van der Waals surface area (Å²) in [4.78, 5) is 29.2. The number of ether oxygens (including phenoxy) is 2. The van der Waals surface area contributed by atoms with E-state index in [0.717, 1.165) is 32.2 Å². The van der Waals surface area contributed by atoms with Crippen LogP contribution in [0.2, 0.25) is 5.02 Å². The number of rotatable bonds is 9. The van der Waals surface area contributed by atoms with Gasteiger partial charge in [0.15, 0.2) is 0 Å². The third kappa shape index (κ3) is 4.88. The molecule has 0 bridgehead atoms. The number of aryl methyl sites for hydroxylation is 1. The van der Waals surface area contributed by atoms with E-state index in [4.69, 9.17) is 21.1 Å². The molecule has 0 aromatic carbocycles.